The first-order valence-electron chi connectivity index (χ1n) is 6.96. The summed E-state index contributed by atoms with van der Waals surface area (Å²) < 4.78 is 0.777. The van der Waals surface area contributed by atoms with Crippen molar-refractivity contribution in [2.75, 3.05) is 0 Å². The molecule has 5 heteroatoms. The van der Waals surface area contributed by atoms with Gasteiger partial charge in [0.05, 0.1) is 10.9 Å². The van der Waals surface area contributed by atoms with Gasteiger partial charge in [-0.05, 0) is 43.7 Å². The highest BCUT2D eigenvalue weighted by Crippen LogP contribution is 2.32. The maximum Gasteiger partial charge on any atom is 0.220 e. The quantitative estimate of drug-likeness (QED) is 0.897. The molecule has 2 aliphatic heterocycles. The fourth-order valence-electron chi connectivity index (χ4n) is 3.31. The lowest BCUT2D eigenvalue weighted by Gasteiger charge is -2.28. The van der Waals surface area contributed by atoms with Crippen molar-refractivity contribution in [2.45, 2.75) is 50.7 Å². The molecule has 0 aromatic carbocycles. The summed E-state index contributed by atoms with van der Waals surface area (Å²) in [6.07, 6.45) is 5.57. The molecule has 2 N–H and O–H groups in total. The Balaban J connectivity index is 1.44. The van der Waals surface area contributed by atoms with E-state index in [1.54, 1.807) is 0 Å². The van der Waals surface area contributed by atoms with Crippen LogP contribution in [0.1, 0.15) is 37.0 Å². The van der Waals surface area contributed by atoms with Crippen molar-refractivity contribution in [1.82, 2.24) is 10.6 Å². The lowest BCUT2D eigenvalue weighted by molar-refractivity contribution is -0.122. The Bertz CT molecular complexity index is 450. The highest BCUT2D eigenvalue weighted by Gasteiger charge is 2.34. The number of piperidine rings is 1. The minimum Gasteiger partial charge on any atom is -0.351 e. The van der Waals surface area contributed by atoms with Crippen molar-refractivity contribution >= 4 is 28.8 Å². The third-order valence-electron chi connectivity index (χ3n) is 4.13. The smallest absolute Gasteiger partial charge is 0.220 e. The number of nitrogens with one attached hydrogen (secondary N) is 2. The number of hydrogen-bond acceptors (Lipinski definition) is 3. The summed E-state index contributed by atoms with van der Waals surface area (Å²) in [5.74, 6) is 0.737. The van der Waals surface area contributed by atoms with Crippen molar-refractivity contribution in [3.63, 3.8) is 0 Å². The average molecular weight is 299 g/mol. The summed E-state index contributed by atoms with van der Waals surface area (Å²) in [5, 5.41) is 6.61. The van der Waals surface area contributed by atoms with E-state index in [2.05, 4.69) is 10.6 Å². The number of halogens is 1. The van der Waals surface area contributed by atoms with Gasteiger partial charge in [0, 0.05) is 23.4 Å². The zero-order valence-electron chi connectivity index (χ0n) is 10.8. The van der Waals surface area contributed by atoms with Crippen LogP contribution in [0, 0.1) is 5.92 Å². The summed E-state index contributed by atoms with van der Waals surface area (Å²) in [7, 11) is 0. The first-order chi connectivity index (χ1) is 9.19. The molecule has 2 unspecified atom stereocenters. The highest BCUT2D eigenvalue weighted by molar-refractivity contribution is 7.16. The number of carbonyl (C=O) groups is 1. The molecule has 3 heterocycles. The molecule has 2 atom stereocenters. The van der Waals surface area contributed by atoms with Crippen LogP contribution in [0.25, 0.3) is 0 Å². The molecule has 3 nitrogen and oxygen atoms in total. The molecular weight excluding hydrogens is 280 g/mol. The first-order valence-corrected chi connectivity index (χ1v) is 8.15. The van der Waals surface area contributed by atoms with Gasteiger partial charge in [0.25, 0.3) is 0 Å². The van der Waals surface area contributed by atoms with Gasteiger partial charge in [-0.15, -0.1) is 11.3 Å². The monoisotopic (exact) mass is 298 g/mol. The fourth-order valence-corrected chi connectivity index (χ4v) is 4.34. The van der Waals surface area contributed by atoms with Crippen LogP contribution in [0.3, 0.4) is 0 Å². The summed E-state index contributed by atoms with van der Waals surface area (Å²) in [6.45, 7) is 0.605. The third kappa shape index (κ3) is 3.50. The predicted molar refractivity (Wildman–Crippen MR) is 78.5 cm³/mol. The summed E-state index contributed by atoms with van der Waals surface area (Å²) in [6, 6.07) is 5.16. The van der Waals surface area contributed by atoms with Crippen molar-refractivity contribution in [3.05, 3.63) is 21.3 Å². The molecule has 2 bridgehead atoms. The molecule has 0 aliphatic carbocycles. The van der Waals surface area contributed by atoms with Gasteiger partial charge in [-0.2, -0.15) is 0 Å². The standard InChI is InChI=1S/C14H19ClN2OS/c15-13-4-3-12(19-13)8-16-14(18)7-9-5-10-1-2-11(6-9)17-10/h3-4,9-11,17H,1-2,5-8H2,(H,16,18). The lowest BCUT2D eigenvalue weighted by atomic mass is 9.89. The fraction of sp³-hybridized carbons (Fsp3) is 0.643. The molecule has 2 aliphatic rings. The Morgan fingerprint density at radius 1 is 1.37 bits per heavy atom. The van der Waals surface area contributed by atoms with E-state index in [1.165, 1.54) is 24.2 Å². The molecule has 0 spiro atoms. The summed E-state index contributed by atoms with van der Waals surface area (Å²) in [4.78, 5) is 13.1. The summed E-state index contributed by atoms with van der Waals surface area (Å²) in [5.41, 5.74) is 0. The highest BCUT2D eigenvalue weighted by atomic mass is 35.5. The number of carbonyl (C=O) groups excluding carboxylic acids is 1. The molecule has 1 aromatic rings. The molecule has 2 saturated heterocycles. The van der Waals surface area contributed by atoms with Gasteiger partial charge in [0.1, 0.15) is 0 Å². The topological polar surface area (TPSA) is 41.1 Å². The molecule has 19 heavy (non-hydrogen) atoms. The van der Waals surface area contributed by atoms with Crippen molar-refractivity contribution in [1.29, 1.82) is 0 Å². The van der Waals surface area contributed by atoms with Gasteiger partial charge in [-0.3, -0.25) is 4.79 Å². The van der Waals surface area contributed by atoms with Crippen LogP contribution in [-0.2, 0) is 11.3 Å². The maximum absolute atomic E-state index is 12.0. The second kappa shape index (κ2) is 5.81. The second-order valence-corrected chi connectivity index (χ2v) is 7.46. The van der Waals surface area contributed by atoms with Gasteiger partial charge in [0.15, 0.2) is 0 Å². The van der Waals surface area contributed by atoms with Gasteiger partial charge in [-0.1, -0.05) is 11.6 Å². The molecule has 1 amide bonds. The number of thiophene rings is 1. The van der Waals surface area contributed by atoms with Crippen molar-refractivity contribution in [2.24, 2.45) is 5.92 Å². The number of fused-ring (bicyclic) bond motifs is 2. The average Bonchev–Trinajstić information content (AvgIpc) is 2.93. The minimum atomic E-state index is 0.177. The molecular formula is C14H19ClN2OS. The normalized spacial score (nSPS) is 29.4. The maximum atomic E-state index is 12.0. The summed E-state index contributed by atoms with van der Waals surface area (Å²) >= 11 is 7.40. The van der Waals surface area contributed by atoms with Gasteiger partial charge >= 0.3 is 0 Å². The number of rotatable bonds is 4. The Morgan fingerprint density at radius 2 is 2.11 bits per heavy atom. The van der Waals surface area contributed by atoms with Gasteiger partial charge < -0.3 is 10.6 Å². The van der Waals surface area contributed by atoms with Crippen LogP contribution in [-0.4, -0.2) is 18.0 Å². The molecule has 0 radical (unpaired) electrons. The zero-order valence-corrected chi connectivity index (χ0v) is 12.4. The predicted octanol–water partition coefficient (Wildman–Crippen LogP) is 2.94. The Labute approximate surface area is 122 Å². The molecule has 1 aromatic heterocycles. The van der Waals surface area contributed by atoms with E-state index in [0.717, 1.165) is 22.1 Å². The van der Waals surface area contributed by atoms with E-state index in [0.29, 0.717) is 31.0 Å². The Kier molecular flexibility index (Phi) is 4.10. The second-order valence-electron chi connectivity index (χ2n) is 5.66. The van der Waals surface area contributed by atoms with Crippen LogP contribution in [0.5, 0.6) is 0 Å². The number of amides is 1. The lowest BCUT2D eigenvalue weighted by Crippen LogP contribution is -2.39. The molecule has 2 fully saturated rings. The van der Waals surface area contributed by atoms with E-state index >= 15 is 0 Å². The zero-order chi connectivity index (χ0) is 13.2. The third-order valence-corrected chi connectivity index (χ3v) is 5.36. The Hall–Kier alpha value is -0.580. The van der Waals surface area contributed by atoms with E-state index in [9.17, 15) is 4.79 Å². The largest absolute Gasteiger partial charge is 0.351 e. The molecule has 3 rings (SSSR count). The van der Waals surface area contributed by atoms with E-state index in [1.807, 2.05) is 12.1 Å². The van der Waals surface area contributed by atoms with Crippen LogP contribution < -0.4 is 10.6 Å². The van der Waals surface area contributed by atoms with Crippen LogP contribution >= 0.6 is 22.9 Å². The van der Waals surface area contributed by atoms with Crippen LogP contribution in [0.2, 0.25) is 4.34 Å². The van der Waals surface area contributed by atoms with Gasteiger partial charge in [-0.25, -0.2) is 0 Å². The minimum absolute atomic E-state index is 0.177. The SMILES string of the molecule is O=C(CC1CC2CCC(C1)N2)NCc1ccc(Cl)s1. The van der Waals surface area contributed by atoms with Crippen molar-refractivity contribution in [3.8, 4) is 0 Å². The van der Waals surface area contributed by atoms with Crippen molar-refractivity contribution < 1.29 is 4.79 Å². The van der Waals surface area contributed by atoms with Crippen LogP contribution in [0.4, 0.5) is 0 Å². The van der Waals surface area contributed by atoms with E-state index in [4.69, 9.17) is 11.6 Å². The van der Waals surface area contributed by atoms with E-state index in [-0.39, 0.29) is 5.91 Å². The molecule has 104 valence electrons. The van der Waals surface area contributed by atoms with Gasteiger partial charge in [0.2, 0.25) is 5.91 Å². The van der Waals surface area contributed by atoms with Crippen LogP contribution in [0.15, 0.2) is 12.1 Å². The van der Waals surface area contributed by atoms with E-state index < -0.39 is 0 Å². The number of hydrogen-bond donors (Lipinski definition) is 2. The first kappa shape index (κ1) is 13.4. The Morgan fingerprint density at radius 3 is 2.74 bits per heavy atom. The molecule has 0 saturated carbocycles.